The summed E-state index contributed by atoms with van der Waals surface area (Å²) in [7, 11) is 0. The molecule has 6 rings (SSSR count). The van der Waals surface area contributed by atoms with Crippen LogP contribution < -0.4 is 9.77 Å². The molecule has 3 amide bonds. The van der Waals surface area contributed by atoms with Crippen molar-refractivity contribution in [2.24, 2.45) is 5.92 Å². The number of nitro groups is 1. The number of carbonyl (C=O) groups is 3. The topological polar surface area (TPSA) is 123 Å². The molecule has 0 saturated carbocycles. The highest BCUT2D eigenvalue weighted by molar-refractivity contribution is 9.10. The summed E-state index contributed by atoms with van der Waals surface area (Å²) >= 11 is 5.61. The Hall–Kier alpha value is -3.29. The number of likely N-dealkylation sites (tertiary alicyclic amines) is 1. The van der Waals surface area contributed by atoms with Gasteiger partial charge in [0.25, 0.3) is 5.69 Å². The minimum absolute atomic E-state index is 0.115. The normalized spacial score (nSPS) is 22.3. The number of nitro benzene ring substituents is 1. The van der Waals surface area contributed by atoms with Crippen LogP contribution in [0.15, 0.2) is 62.8 Å². The maximum atomic E-state index is 13.9. The van der Waals surface area contributed by atoms with E-state index in [-0.39, 0.29) is 28.7 Å². The summed E-state index contributed by atoms with van der Waals surface area (Å²) in [5, 5.41) is 10.8. The zero-order chi connectivity index (χ0) is 28.1. The minimum atomic E-state index is -0.825. The fraction of sp³-hybridized carbons (Fsp3) is 0.333. The van der Waals surface area contributed by atoms with E-state index in [0.717, 1.165) is 57.3 Å². The van der Waals surface area contributed by atoms with Crippen LogP contribution in [0.3, 0.4) is 0 Å². The van der Waals surface area contributed by atoms with Gasteiger partial charge in [0, 0.05) is 40.5 Å². The number of aromatic nitrogens is 1. The van der Waals surface area contributed by atoms with Crippen molar-refractivity contribution in [3.05, 3.63) is 83.2 Å². The van der Waals surface area contributed by atoms with Gasteiger partial charge in [-0.2, -0.15) is 0 Å². The third-order valence-corrected chi connectivity index (χ3v) is 10.7. The summed E-state index contributed by atoms with van der Waals surface area (Å²) in [6, 6.07) is 12.7. The molecule has 10 nitrogen and oxygen atoms in total. The average Bonchev–Trinajstić information content (AvgIpc) is 3.40. The van der Waals surface area contributed by atoms with Gasteiger partial charge in [0.15, 0.2) is 0 Å². The standard InChI is InChI=1S/C27H23BrN4O6S2/c28-16-6-4-15(5-7-16)20-21-22(25(35)31(24(21)34)17-8-10-18(11-9-17)32(37)38)39-26-23(20)40-27(36)30(26)14-19(33)29-12-2-1-3-13-29/h4-11,20-22H,1-3,12-14H2/t20-,21?,22?/m1/s1. The number of hydrogen-bond acceptors (Lipinski definition) is 8. The van der Waals surface area contributed by atoms with Crippen molar-refractivity contribution < 1.29 is 19.3 Å². The monoisotopic (exact) mass is 642 g/mol. The maximum absolute atomic E-state index is 13.9. The third kappa shape index (κ3) is 4.59. The largest absolute Gasteiger partial charge is 0.341 e. The van der Waals surface area contributed by atoms with Crippen molar-refractivity contribution >= 4 is 68.1 Å². The first kappa shape index (κ1) is 26.9. The number of hydrogen-bond donors (Lipinski definition) is 0. The highest BCUT2D eigenvalue weighted by atomic mass is 79.9. The molecule has 13 heteroatoms. The molecule has 3 aromatic rings. The molecule has 40 heavy (non-hydrogen) atoms. The van der Waals surface area contributed by atoms with Gasteiger partial charge in [0.05, 0.1) is 21.6 Å². The van der Waals surface area contributed by atoms with Crippen molar-refractivity contribution in [1.29, 1.82) is 0 Å². The van der Waals surface area contributed by atoms with Crippen molar-refractivity contribution in [3.63, 3.8) is 0 Å². The quantitative estimate of drug-likeness (QED) is 0.230. The highest BCUT2D eigenvalue weighted by Crippen LogP contribution is 2.54. The van der Waals surface area contributed by atoms with E-state index in [9.17, 15) is 29.3 Å². The molecule has 0 aliphatic carbocycles. The van der Waals surface area contributed by atoms with Gasteiger partial charge in [-0.15, -0.1) is 0 Å². The van der Waals surface area contributed by atoms with Gasteiger partial charge >= 0.3 is 4.87 Å². The molecular formula is C27H23BrN4O6S2. The number of thiazole rings is 1. The summed E-state index contributed by atoms with van der Waals surface area (Å²) in [6.07, 6.45) is 2.94. The lowest BCUT2D eigenvalue weighted by molar-refractivity contribution is -0.384. The number of imide groups is 1. The number of halogens is 1. The molecule has 1 aromatic heterocycles. The van der Waals surface area contributed by atoms with E-state index in [1.165, 1.54) is 28.8 Å². The molecule has 0 spiro atoms. The summed E-state index contributed by atoms with van der Waals surface area (Å²) < 4.78 is 2.30. The molecule has 0 N–H and O–H groups in total. The SMILES string of the molecule is O=C(Cn1c2c(sc1=O)[C@H](c1ccc(Br)cc1)C1C(=O)N(c3ccc([N+](=O)[O-])cc3)C(=O)C1S2)N1CCCCC1. The van der Waals surface area contributed by atoms with Gasteiger partial charge in [-0.3, -0.25) is 33.9 Å². The van der Waals surface area contributed by atoms with Crippen LogP contribution in [-0.4, -0.2) is 50.5 Å². The number of fused-ring (bicyclic) bond motifs is 2. The lowest BCUT2D eigenvalue weighted by Gasteiger charge is -2.31. The van der Waals surface area contributed by atoms with Crippen LogP contribution in [0.2, 0.25) is 0 Å². The fourth-order valence-corrected chi connectivity index (χ4v) is 8.68. The van der Waals surface area contributed by atoms with Crippen molar-refractivity contribution in [1.82, 2.24) is 9.47 Å². The first-order valence-electron chi connectivity index (χ1n) is 12.8. The minimum Gasteiger partial charge on any atom is -0.341 e. The zero-order valence-electron chi connectivity index (χ0n) is 21.0. The number of piperidine rings is 1. The number of thioether (sulfide) groups is 1. The molecule has 4 heterocycles. The van der Waals surface area contributed by atoms with Gasteiger partial charge < -0.3 is 4.90 Å². The van der Waals surface area contributed by atoms with E-state index < -0.39 is 33.8 Å². The number of rotatable bonds is 5. The second-order valence-electron chi connectivity index (χ2n) is 9.94. The fourth-order valence-electron chi connectivity index (χ4n) is 5.64. The molecule has 0 radical (unpaired) electrons. The molecule has 206 valence electrons. The zero-order valence-corrected chi connectivity index (χ0v) is 24.2. The second-order valence-corrected chi connectivity index (χ2v) is 13.0. The van der Waals surface area contributed by atoms with Gasteiger partial charge in [0.1, 0.15) is 11.8 Å². The van der Waals surface area contributed by atoms with Crippen LogP contribution in [0.25, 0.3) is 0 Å². The number of anilines is 1. The third-order valence-electron chi connectivity index (χ3n) is 7.60. The van der Waals surface area contributed by atoms with Gasteiger partial charge in [-0.05, 0) is 49.1 Å². The van der Waals surface area contributed by atoms with Crippen LogP contribution in [0, 0.1) is 16.0 Å². The molecule has 3 atom stereocenters. The Morgan fingerprint density at radius 1 is 0.975 bits per heavy atom. The van der Waals surface area contributed by atoms with E-state index in [1.807, 2.05) is 24.3 Å². The molecule has 2 unspecified atom stereocenters. The van der Waals surface area contributed by atoms with Gasteiger partial charge in [-0.25, -0.2) is 4.90 Å². The Balaban J connectivity index is 1.41. The van der Waals surface area contributed by atoms with Crippen LogP contribution >= 0.6 is 39.0 Å². The smallest absolute Gasteiger partial charge is 0.308 e. The van der Waals surface area contributed by atoms with Crippen molar-refractivity contribution in [2.75, 3.05) is 18.0 Å². The van der Waals surface area contributed by atoms with Gasteiger partial charge in [0.2, 0.25) is 17.7 Å². The summed E-state index contributed by atoms with van der Waals surface area (Å²) in [5.74, 6) is -2.36. The molecule has 3 aliphatic rings. The van der Waals surface area contributed by atoms with Crippen LogP contribution in [0.5, 0.6) is 0 Å². The summed E-state index contributed by atoms with van der Waals surface area (Å²) in [6.45, 7) is 1.21. The molecule has 3 aliphatic heterocycles. The Kier molecular flexibility index (Phi) is 7.13. The van der Waals surface area contributed by atoms with Crippen molar-refractivity contribution in [3.8, 4) is 0 Å². The van der Waals surface area contributed by atoms with E-state index in [1.54, 1.807) is 4.90 Å². The molecule has 2 fully saturated rings. The number of benzene rings is 2. The molecule has 0 bridgehead atoms. The number of amides is 3. The lowest BCUT2D eigenvalue weighted by atomic mass is 9.83. The van der Waals surface area contributed by atoms with Crippen LogP contribution in [-0.2, 0) is 20.9 Å². The summed E-state index contributed by atoms with van der Waals surface area (Å²) in [4.78, 5) is 67.9. The summed E-state index contributed by atoms with van der Waals surface area (Å²) in [5.41, 5.74) is 0.889. The lowest BCUT2D eigenvalue weighted by Crippen LogP contribution is -2.39. The van der Waals surface area contributed by atoms with Crippen molar-refractivity contribution in [2.45, 2.75) is 42.0 Å². The van der Waals surface area contributed by atoms with E-state index >= 15 is 0 Å². The molecule has 2 saturated heterocycles. The number of nitrogens with zero attached hydrogens (tertiary/aromatic N) is 4. The van der Waals surface area contributed by atoms with E-state index in [4.69, 9.17) is 0 Å². The first-order valence-corrected chi connectivity index (χ1v) is 15.3. The number of carbonyl (C=O) groups excluding carboxylic acids is 3. The Morgan fingerprint density at radius 3 is 2.30 bits per heavy atom. The Morgan fingerprint density at radius 2 is 1.65 bits per heavy atom. The number of non-ortho nitro benzene ring substituents is 1. The van der Waals surface area contributed by atoms with Gasteiger partial charge in [-0.1, -0.05) is 51.2 Å². The Bertz CT molecular complexity index is 1580. The second kappa shape index (κ2) is 10.6. The van der Waals surface area contributed by atoms with Crippen LogP contribution in [0.1, 0.15) is 35.6 Å². The molecular weight excluding hydrogens is 620 g/mol. The average molecular weight is 644 g/mol. The Labute approximate surface area is 245 Å². The molecule has 2 aromatic carbocycles. The predicted molar refractivity (Wildman–Crippen MR) is 154 cm³/mol. The maximum Gasteiger partial charge on any atom is 0.308 e. The van der Waals surface area contributed by atoms with Crippen LogP contribution in [0.4, 0.5) is 11.4 Å². The highest BCUT2D eigenvalue weighted by Gasteiger charge is 2.56. The first-order chi connectivity index (χ1) is 19.2. The van der Waals surface area contributed by atoms with E-state index in [2.05, 4.69) is 15.9 Å². The van der Waals surface area contributed by atoms with E-state index in [0.29, 0.717) is 23.0 Å². The predicted octanol–water partition coefficient (Wildman–Crippen LogP) is 4.39.